The van der Waals surface area contributed by atoms with Crippen molar-refractivity contribution in [2.45, 2.75) is 156 Å². The van der Waals surface area contributed by atoms with Crippen molar-refractivity contribution in [3.8, 4) is 23.0 Å². The maximum Gasteiger partial charge on any atom is 0.228 e. The topological polar surface area (TPSA) is 222 Å². The van der Waals surface area contributed by atoms with E-state index in [1.807, 2.05) is 243 Å². The van der Waals surface area contributed by atoms with Gasteiger partial charge in [-0.1, -0.05) is 374 Å². The molecule has 0 radical (unpaired) electrons. The highest BCUT2D eigenvalue weighted by atomic mass is 31.2. The third-order valence-corrected chi connectivity index (χ3v) is 36.4. The molecule has 688 valence electrons. The number of fused-ring (bicyclic) bond motifs is 8. The number of rotatable bonds is 36. The highest BCUT2D eigenvalue weighted by Gasteiger charge is 2.37. The zero-order chi connectivity index (χ0) is 93.9. The standard InChI is InChI=1S/C112H128N4O12P4/c1-109(2,3)89-69-81-65-83-71-90(110(4,5)6)73-85(106(83)126-62-38-58-114-102(118)78-130(122,95-45-25-15-26-46-95)96-47-27-16-28-48-96)67-87-75-92(112(10,11)12)76-88(108(87)128-64-40-60-116-104(120)80-132(124,99-53-33-19-34-54-99)100-55-35-20-36-56-100)68-86-74-91(111(7,8)9)72-84(107(86)127-63-39-59-115-103(119)79-131(123,97-49-29-17-30-50-97)98-51-31-18-32-52-98)66-82(70-89)105(81)125-61-37-57-113-101(117)77-129(121,93-41-21-13-22-42-93)94-43-23-14-24-44-94/h13-36,41-56,69-76H,37-40,57-68,77-80H2,1-12H3,(H,113,117)(H,114,118)(H,115,119)(H,116,120). The van der Waals surface area contributed by atoms with Crippen molar-refractivity contribution in [2.24, 2.45) is 0 Å². The predicted octanol–water partition coefficient (Wildman–Crippen LogP) is 19.1. The molecule has 0 saturated heterocycles. The summed E-state index contributed by atoms with van der Waals surface area (Å²) in [6.45, 7) is 28.2. The average Bonchev–Trinajstić information content (AvgIpc) is 0.743. The molecular weight excluding hydrogens is 1720 g/mol. The summed E-state index contributed by atoms with van der Waals surface area (Å²) in [4.78, 5) is 57.4. The molecule has 0 spiro atoms. The highest BCUT2D eigenvalue weighted by molar-refractivity contribution is 7.80. The summed E-state index contributed by atoms with van der Waals surface area (Å²) < 4.78 is 90.7. The van der Waals surface area contributed by atoms with Gasteiger partial charge in [0.2, 0.25) is 23.6 Å². The predicted molar refractivity (Wildman–Crippen MR) is 543 cm³/mol. The zero-order valence-electron chi connectivity index (χ0n) is 78.5. The molecule has 12 aromatic carbocycles. The number of amides is 4. The lowest BCUT2D eigenvalue weighted by Crippen LogP contribution is -2.32. The Bertz CT molecular complexity index is 5150. The van der Waals surface area contributed by atoms with Crippen LogP contribution in [0, 0.1) is 0 Å². The van der Waals surface area contributed by atoms with Crippen molar-refractivity contribution in [2.75, 3.05) is 77.3 Å². The fourth-order valence-corrected chi connectivity index (χ4v) is 26.9. The van der Waals surface area contributed by atoms with Crippen molar-refractivity contribution in [1.29, 1.82) is 0 Å². The zero-order valence-corrected chi connectivity index (χ0v) is 82.1. The van der Waals surface area contributed by atoms with Crippen molar-refractivity contribution in [1.82, 2.24) is 21.3 Å². The van der Waals surface area contributed by atoms with Gasteiger partial charge in [0.05, 0.1) is 51.1 Å². The van der Waals surface area contributed by atoms with E-state index in [0.717, 1.165) is 66.8 Å². The number of nitrogens with one attached hydrogen (secondary N) is 4. The molecule has 0 aliphatic heterocycles. The summed E-state index contributed by atoms with van der Waals surface area (Å²) >= 11 is 0. The van der Waals surface area contributed by atoms with Gasteiger partial charge in [-0.3, -0.25) is 19.2 Å². The van der Waals surface area contributed by atoms with E-state index >= 15 is 18.3 Å². The van der Waals surface area contributed by atoms with Crippen LogP contribution in [0.1, 0.15) is 176 Å². The average molecular weight is 1850 g/mol. The SMILES string of the molecule is CC(C)(C)c1cc2c(OCCCNC(=O)CP(=O)(c3ccccc3)c3ccccc3)c(c1)Cc1cc(C(C)(C)C)cc(c1OCCCNC(=O)CP(=O)(c1ccccc1)c1ccccc1)Cc1cc(C(C)(C)C)cc(c1OCCCNC(=O)CP(=O)(c1ccccc1)c1ccccc1)Cc1cc(C(C)(C)C)cc(c1OCCCNC(=O)CP(=O)(c1ccccc1)c1ccccc1)C2. The number of hydrogen-bond donors (Lipinski definition) is 4. The number of carbonyl (C=O) groups is 4. The van der Waals surface area contributed by atoms with E-state index in [1.54, 1.807) is 0 Å². The first-order valence-corrected chi connectivity index (χ1v) is 53.7. The van der Waals surface area contributed by atoms with E-state index in [4.69, 9.17) is 18.9 Å². The van der Waals surface area contributed by atoms with E-state index in [2.05, 4.69) is 153 Å². The van der Waals surface area contributed by atoms with Gasteiger partial charge in [0, 0.05) is 94.3 Å². The van der Waals surface area contributed by atoms with Gasteiger partial charge in [0.1, 0.15) is 23.0 Å². The summed E-state index contributed by atoms with van der Waals surface area (Å²) in [6, 6.07) is 91.9. The van der Waals surface area contributed by atoms with Crippen LogP contribution in [0.3, 0.4) is 0 Å². The fourth-order valence-electron chi connectivity index (χ4n) is 17.0. The first-order chi connectivity index (χ1) is 63.1. The van der Waals surface area contributed by atoms with Crippen LogP contribution in [0.25, 0.3) is 0 Å². The lowest BCUT2D eigenvalue weighted by molar-refractivity contribution is -0.119. The number of carbonyl (C=O) groups excluding carboxylic acids is 4. The summed E-state index contributed by atoms with van der Waals surface area (Å²) in [5.74, 6) is 1.27. The molecule has 16 nitrogen and oxygen atoms in total. The van der Waals surface area contributed by atoms with Crippen molar-refractivity contribution < 1.29 is 56.4 Å². The van der Waals surface area contributed by atoms with Crippen LogP contribution in [0.2, 0.25) is 0 Å². The molecule has 132 heavy (non-hydrogen) atoms. The Morgan fingerprint density at radius 1 is 0.235 bits per heavy atom. The van der Waals surface area contributed by atoms with E-state index in [9.17, 15) is 19.2 Å². The minimum atomic E-state index is -3.41. The first kappa shape index (κ1) is 98.2. The minimum absolute atomic E-state index is 0.178. The molecule has 20 heteroatoms. The van der Waals surface area contributed by atoms with Gasteiger partial charge < -0.3 is 58.5 Å². The number of ether oxygens (including phenoxy) is 4. The van der Waals surface area contributed by atoms with Crippen LogP contribution in [0.4, 0.5) is 0 Å². The van der Waals surface area contributed by atoms with Gasteiger partial charge in [0.15, 0.2) is 28.6 Å². The van der Waals surface area contributed by atoms with Crippen molar-refractivity contribution in [3.63, 3.8) is 0 Å². The van der Waals surface area contributed by atoms with Crippen LogP contribution < -0.4 is 82.7 Å². The molecule has 1 aliphatic carbocycles. The quantitative estimate of drug-likeness (QED) is 0.0213. The molecule has 8 bridgehead atoms. The van der Waals surface area contributed by atoms with Gasteiger partial charge >= 0.3 is 0 Å². The van der Waals surface area contributed by atoms with Crippen LogP contribution in [-0.2, 0) is 84.8 Å². The second-order valence-electron chi connectivity index (χ2n) is 38.7. The second-order valence-corrected chi connectivity index (χ2v) is 50.0. The molecule has 0 heterocycles. The Morgan fingerprint density at radius 3 is 0.500 bits per heavy atom. The highest BCUT2D eigenvalue weighted by Crippen LogP contribution is 2.49. The van der Waals surface area contributed by atoms with Gasteiger partial charge in [-0.05, 0) is 114 Å². The lowest BCUT2D eigenvalue weighted by atomic mass is 9.79. The van der Waals surface area contributed by atoms with Gasteiger partial charge in [-0.15, -0.1) is 0 Å². The molecule has 1 aliphatic rings. The van der Waals surface area contributed by atoms with E-state index < -0.39 is 50.2 Å². The van der Waals surface area contributed by atoms with Crippen LogP contribution in [0.5, 0.6) is 23.0 Å². The van der Waals surface area contributed by atoms with Gasteiger partial charge in [-0.25, -0.2) is 0 Å². The number of benzene rings is 12. The fraction of sp³-hybridized carbons (Fsp3) is 0.321. The maximum absolute atomic E-state index is 15.2. The van der Waals surface area contributed by atoms with E-state index in [1.165, 1.54) is 0 Å². The molecule has 0 unspecified atom stereocenters. The maximum atomic E-state index is 15.2. The molecule has 0 aromatic heterocycles. The minimum Gasteiger partial charge on any atom is -0.493 e. The molecule has 12 aromatic rings. The van der Waals surface area contributed by atoms with Crippen molar-refractivity contribution in [3.05, 3.63) is 358 Å². The Balaban J connectivity index is 0.917. The molecule has 4 N–H and O–H groups in total. The van der Waals surface area contributed by atoms with Crippen LogP contribution in [0.15, 0.2) is 291 Å². The third kappa shape index (κ3) is 24.9. The molecular formula is C112H128N4O12P4. The Labute approximate surface area is 781 Å². The van der Waals surface area contributed by atoms with E-state index in [0.29, 0.717) is 117 Å². The second kappa shape index (κ2) is 43.6. The lowest BCUT2D eigenvalue weighted by Gasteiger charge is -2.29. The summed E-state index contributed by atoms with van der Waals surface area (Å²) in [6.07, 6.45) is 1.96. The molecule has 0 saturated carbocycles. The van der Waals surface area contributed by atoms with Crippen LogP contribution >= 0.6 is 28.6 Å². The Morgan fingerprint density at radius 2 is 0.371 bits per heavy atom. The summed E-state index contributed by atoms with van der Waals surface area (Å²) in [7, 11) is -13.6. The molecule has 0 atom stereocenters. The van der Waals surface area contributed by atoms with Crippen LogP contribution in [-0.4, -0.2) is 101 Å². The largest absolute Gasteiger partial charge is 0.493 e. The number of hydrogen-bond acceptors (Lipinski definition) is 12. The smallest absolute Gasteiger partial charge is 0.228 e. The van der Waals surface area contributed by atoms with Crippen molar-refractivity contribution >= 4 is 94.6 Å². The normalized spacial score (nSPS) is 12.7. The van der Waals surface area contributed by atoms with Gasteiger partial charge in [0.25, 0.3) is 0 Å². The third-order valence-electron chi connectivity index (χ3n) is 24.4. The monoisotopic (exact) mass is 1840 g/mol. The van der Waals surface area contributed by atoms with E-state index in [-0.39, 0.29) is 101 Å². The Kier molecular flexibility index (Phi) is 32.4. The molecule has 13 rings (SSSR count). The molecule has 4 amide bonds. The van der Waals surface area contributed by atoms with Gasteiger partial charge in [-0.2, -0.15) is 0 Å². The first-order valence-electron chi connectivity index (χ1n) is 46.1. The summed E-state index contributed by atoms with van der Waals surface area (Å²) in [5, 5.41) is 17.4. The molecule has 0 fully saturated rings. The summed E-state index contributed by atoms with van der Waals surface area (Å²) in [5.41, 5.74) is 9.72. The Hall–Kier alpha value is -11.4.